The number of carbonyl (C=O) groups is 1. The molecule has 4 heteroatoms. The van der Waals surface area contributed by atoms with Crippen molar-refractivity contribution in [1.29, 1.82) is 0 Å². The summed E-state index contributed by atoms with van der Waals surface area (Å²) < 4.78 is 5.14. The average molecular weight is 284 g/mol. The van der Waals surface area contributed by atoms with Crippen LogP contribution in [0.5, 0.6) is 0 Å². The predicted molar refractivity (Wildman–Crippen MR) is 84.3 cm³/mol. The van der Waals surface area contributed by atoms with Crippen molar-refractivity contribution in [3.8, 4) is 0 Å². The minimum atomic E-state index is -0.0826. The monoisotopic (exact) mass is 284 g/mol. The molecule has 0 heterocycles. The molecule has 0 radical (unpaired) electrons. The van der Waals surface area contributed by atoms with Gasteiger partial charge in [0, 0.05) is 32.0 Å². The van der Waals surface area contributed by atoms with E-state index in [9.17, 15) is 4.79 Å². The van der Waals surface area contributed by atoms with Gasteiger partial charge in [0.1, 0.15) is 0 Å². The van der Waals surface area contributed by atoms with Crippen LogP contribution in [-0.2, 0) is 17.9 Å². The number of ether oxygens (including phenoxy) is 1. The number of hydrogen-bond donors (Lipinski definition) is 2. The van der Waals surface area contributed by atoms with Gasteiger partial charge in [-0.25, -0.2) is 0 Å². The van der Waals surface area contributed by atoms with Crippen LogP contribution in [0.1, 0.15) is 21.5 Å². The maximum atomic E-state index is 11.6. The SMILES string of the molecule is CNC(=O)c1cccc(NCc2cccc(COC)c2)c1. The number of anilines is 1. The van der Waals surface area contributed by atoms with Crippen LogP contribution in [0.25, 0.3) is 0 Å². The smallest absolute Gasteiger partial charge is 0.251 e. The fraction of sp³-hybridized carbons (Fsp3) is 0.235. The molecule has 2 rings (SSSR count). The molecule has 0 aromatic heterocycles. The van der Waals surface area contributed by atoms with Crippen molar-refractivity contribution in [2.24, 2.45) is 0 Å². The molecule has 0 bridgehead atoms. The topological polar surface area (TPSA) is 50.4 Å². The van der Waals surface area contributed by atoms with Crippen molar-refractivity contribution in [2.45, 2.75) is 13.2 Å². The Hall–Kier alpha value is -2.33. The third-order valence-corrected chi connectivity index (χ3v) is 3.15. The van der Waals surface area contributed by atoms with Crippen LogP contribution in [0.3, 0.4) is 0 Å². The van der Waals surface area contributed by atoms with Crippen LogP contribution < -0.4 is 10.6 Å². The van der Waals surface area contributed by atoms with Gasteiger partial charge in [-0.15, -0.1) is 0 Å². The summed E-state index contributed by atoms with van der Waals surface area (Å²) in [4.78, 5) is 11.6. The summed E-state index contributed by atoms with van der Waals surface area (Å²) in [6.45, 7) is 1.31. The summed E-state index contributed by atoms with van der Waals surface area (Å²) in [5.74, 6) is -0.0826. The van der Waals surface area contributed by atoms with E-state index < -0.39 is 0 Å². The van der Waals surface area contributed by atoms with Gasteiger partial charge >= 0.3 is 0 Å². The van der Waals surface area contributed by atoms with Crippen molar-refractivity contribution < 1.29 is 9.53 Å². The molecule has 0 atom stereocenters. The third kappa shape index (κ3) is 4.33. The lowest BCUT2D eigenvalue weighted by Crippen LogP contribution is -2.17. The van der Waals surface area contributed by atoms with Crippen LogP contribution in [-0.4, -0.2) is 20.1 Å². The van der Waals surface area contributed by atoms with Crippen molar-refractivity contribution in [2.75, 3.05) is 19.5 Å². The number of hydrogen-bond acceptors (Lipinski definition) is 3. The van der Waals surface area contributed by atoms with E-state index in [1.54, 1.807) is 20.2 Å². The number of amides is 1. The highest BCUT2D eigenvalue weighted by molar-refractivity contribution is 5.94. The van der Waals surface area contributed by atoms with Gasteiger partial charge in [0.15, 0.2) is 0 Å². The molecule has 1 amide bonds. The Morgan fingerprint density at radius 1 is 1.10 bits per heavy atom. The van der Waals surface area contributed by atoms with E-state index in [2.05, 4.69) is 22.8 Å². The van der Waals surface area contributed by atoms with Crippen LogP contribution in [0, 0.1) is 0 Å². The van der Waals surface area contributed by atoms with Gasteiger partial charge in [-0.1, -0.05) is 30.3 Å². The summed E-state index contributed by atoms with van der Waals surface area (Å²) in [5.41, 5.74) is 3.90. The minimum Gasteiger partial charge on any atom is -0.381 e. The summed E-state index contributed by atoms with van der Waals surface area (Å²) in [6, 6.07) is 15.7. The van der Waals surface area contributed by atoms with Gasteiger partial charge in [-0.2, -0.15) is 0 Å². The van der Waals surface area contributed by atoms with Crippen LogP contribution in [0.2, 0.25) is 0 Å². The van der Waals surface area contributed by atoms with Crippen molar-refractivity contribution >= 4 is 11.6 Å². The second-order valence-corrected chi connectivity index (χ2v) is 4.77. The van der Waals surface area contributed by atoms with Gasteiger partial charge in [0.25, 0.3) is 5.91 Å². The van der Waals surface area contributed by atoms with Crippen LogP contribution >= 0.6 is 0 Å². The second kappa shape index (κ2) is 7.45. The molecule has 0 aliphatic rings. The molecule has 0 aliphatic carbocycles. The summed E-state index contributed by atoms with van der Waals surface area (Å²) >= 11 is 0. The molecule has 0 saturated heterocycles. The molecule has 0 saturated carbocycles. The van der Waals surface area contributed by atoms with Gasteiger partial charge in [0.05, 0.1) is 6.61 Å². The molecule has 0 aliphatic heterocycles. The first kappa shape index (κ1) is 15.1. The normalized spacial score (nSPS) is 10.2. The lowest BCUT2D eigenvalue weighted by molar-refractivity contribution is 0.0963. The predicted octanol–water partition coefficient (Wildman–Crippen LogP) is 2.80. The number of carbonyl (C=O) groups excluding carboxylic acids is 1. The maximum absolute atomic E-state index is 11.6. The summed E-state index contributed by atoms with van der Waals surface area (Å²) in [5, 5.41) is 5.95. The van der Waals surface area contributed by atoms with Crippen molar-refractivity contribution in [1.82, 2.24) is 5.32 Å². The fourth-order valence-electron chi connectivity index (χ4n) is 2.11. The Labute approximate surface area is 125 Å². The molecule has 2 aromatic carbocycles. The summed E-state index contributed by atoms with van der Waals surface area (Å²) in [7, 11) is 3.32. The lowest BCUT2D eigenvalue weighted by Gasteiger charge is -2.09. The van der Waals surface area contributed by atoms with Gasteiger partial charge in [0.2, 0.25) is 0 Å². The minimum absolute atomic E-state index is 0.0826. The van der Waals surface area contributed by atoms with E-state index in [0.717, 1.165) is 11.3 Å². The van der Waals surface area contributed by atoms with Gasteiger partial charge in [-0.05, 0) is 29.3 Å². The maximum Gasteiger partial charge on any atom is 0.251 e. The molecule has 0 fully saturated rings. The molecule has 0 unspecified atom stereocenters. The first-order chi connectivity index (χ1) is 10.2. The molecular formula is C17H20N2O2. The number of methoxy groups -OCH3 is 1. The zero-order chi connectivity index (χ0) is 15.1. The van der Waals surface area contributed by atoms with E-state index in [4.69, 9.17) is 4.74 Å². The Bertz CT molecular complexity index is 611. The van der Waals surface area contributed by atoms with E-state index >= 15 is 0 Å². The Morgan fingerprint density at radius 2 is 1.86 bits per heavy atom. The molecule has 4 nitrogen and oxygen atoms in total. The Kier molecular flexibility index (Phi) is 5.35. The van der Waals surface area contributed by atoms with Crippen LogP contribution in [0.15, 0.2) is 48.5 Å². The largest absolute Gasteiger partial charge is 0.381 e. The summed E-state index contributed by atoms with van der Waals surface area (Å²) in [6.07, 6.45) is 0. The average Bonchev–Trinajstić information content (AvgIpc) is 2.53. The molecule has 2 N–H and O–H groups in total. The molecule has 0 spiro atoms. The van der Waals surface area contributed by atoms with Gasteiger partial charge < -0.3 is 15.4 Å². The highest BCUT2D eigenvalue weighted by atomic mass is 16.5. The Morgan fingerprint density at radius 3 is 2.62 bits per heavy atom. The highest BCUT2D eigenvalue weighted by Gasteiger charge is 2.03. The van der Waals surface area contributed by atoms with E-state index in [0.29, 0.717) is 18.7 Å². The molecule has 21 heavy (non-hydrogen) atoms. The lowest BCUT2D eigenvalue weighted by atomic mass is 10.1. The van der Waals surface area contributed by atoms with Gasteiger partial charge in [-0.3, -0.25) is 4.79 Å². The van der Waals surface area contributed by atoms with E-state index in [1.807, 2.05) is 30.3 Å². The zero-order valence-corrected chi connectivity index (χ0v) is 12.3. The standard InChI is InChI=1S/C17H20N2O2/c1-18-17(20)15-7-4-8-16(10-15)19-11-13-5-3-6-14(9-13)12-21-2/h3-10,19H,11-12H2,1-2H3,(H,18,20). The Balaban J connectivity index is 2.02. The third-order valence-electron chi connectivity index (χ3n) is 3.15. The van der Waals surface area contributed by atoms with Crippen molar-refractivity contribution in [3.05, 3.63) is 65.2 Å². The number of benzene rings is 2. The second-order valence-electron chi connectivity index (χ2n) is 4.77. The number of rotatable bonds is 6. The molecule has 2 aromatic rings. The fourth-order valence-corrected chi connectivity index (χ4v) is 2.11. The van der Waals surface area contributed by atoms with Crippen molar-refractivity contribution in [3.63, 3.8) is 0 Å². The van der Waals surface area contributed by atoms with E-state index in [-0.39, 0.29) is 5.91 Å². The number of nitrogens with one attached hydrogen (secondary N) is 2. The highest BCUT2D eigenvalue weighted by Crippen LogP contribution is 2.13. The first-order valence-electron chi connectivity index (χ1n) is 6.85. The van der Waals surface area contributed by atoms with E-state index in [1.165, 1.54) is 5.56 Å². The zero-order valence-electron chi connectivity index (χ0n) is 12.3. The first-order valence-corrected chi connectivity index (χ1v) is 6.85. The quantitative estimate of drug-likeness (QED) is 0.857. The molecule has 110 valence electrons. The molecular weight excluding hydrogens is 264 g/mol. The van der Waals surface area contributed by atoms with Crippen LogP contribution in [0.4, 0.5) is 5.69 Å².